The summed E-state index contributed by atoms with van der Waals surface area (Å²) in [6.07, 6.45) is 0. The molecule has 0 fully saturated rings. The first-order valence-corrected chi connectivity index (χ1v) is 14.1. The Balaban J connectivity index is 1.43. The number of nitriles is 1. The van der Waals surface area contributed by atoms with Crippen LogP contribution in [0.25, 0.3) is 75.5 Å². The Morgan fingerprint density at radius 3 is 1.98 bits per heavy atom. The third-order valence-electron chi connectivity index (χ3n) is 7.76. The predicted octanol–water partition coefficient (Wildman–Crippen LogP) is 10.8. The molecule has 0 amide bonds. The molecule has 0 saturated carbocycles. The van der Waals surface area contributed by atoms with Crippen LogP contribution in [0.15, 0.2) is 132 Å². The third kappa shape index (κ3) is 3.48. The average Bonchev–Trinajstić information content (AvgIpc) is 3.58. The van der Waals surface area contributed by atoms with E-state index in [2.05, 4.69) is 97.1 Å². The highest BCUT2D eigenvalue weighted by Gasteiger charge is 2.19. The zero-order chi connectivity index (χ0) is 26.6. The van der Waals surface area contributed by atoms with Gasteiger partial charge in [0.15, 0.2) is 0 Å². The summed E-state index contributed by atoms with van der Waals surface area (Å²) in [6.45, 7) is 0. The number of furan rings is 1. The molecule has 2 heterocycles. The summed E-state index contributed by atoms with van der Waals surface area (Å²) in [7, 11) is 0. The van der Waals surface area contributed by atoms with Crippen molar-refractivity contribution in [3.05, 3.63) is 133 Å². The molecule has 40 heavy (non-hydrogen) atoms. The van der Waals surface area contributed by atoms with E-state index in [0.29, 0.717) is 5.56 Å². The normalized spacial score (nSPS) is 11.5. The van der Waals surface area contributed by atoms with Gasteiger partial charge in [-0.1, -0.05) is 84.9 Å². The number of para-hydroxylation sites is 1. The maximum absolute atomic E-state index is 10.1. The molecule has 0 spiro atoms. The highest BCUT2D eigenvalue weighted by Crippen LogP contribution is 2.44. The highest BCUT2D eigenvalue weighted by atomic mass is 32.1. The van der Waals surface area contributed by atoms with Gasteiger partial charge < -0.3 is 4.42 Å². The topological polar surface area (TPSA) is 36.9 Å². The molecule has 6 aromatic carbocycles. The molecular weight excluding hydrogens is 506 g/mol. The number of nitrogens with zero attached hydrogens (tertiary/aromatic N) is 1. The molecule has 0 bridgehead atoms. The Morgan fingerprint density at radius 1 is 0.500 bits per heavy atom. The van der Waals surface area contributed by atoms with Gasteiger partial charge in [0.1, 0.15) is 11.2 Å². The molecule has 0 N–H and O–H groups in total. The van der Waals surface area contributed by atoms with Crippen LogP contribution in [-0.2, 0) is 0 Å². The summed E-state index contributed by atoms with van der Waals surface area (Å²) in [5, 5.41) is 14.8. The smallest absolute Gasteiger partial charge is 0.135 e. The van der Waals surface area contributed by atoms with Crippen molar-refractivity contribution in [2.45, 2.75) is 0 Å². The van der Waals surface area contributed by atoms with E-state index in [-0.39, 0.29) is 0 Å². The first-order chi connectivity index (χ1) is 19.8. The minimum absolute atomic E-state index is 0.660. The lowest BCUT2D eigenvalue weighted by atomic mass is 9.85. The number of benzene rings is 6. The van der Waals surface area contributed by atoms with E-state index >= 15 is 0 Å². The summed E-state index contributed by atoms with van der Waals surface area (Å²) in [5.41, 5.74) is 8.82. The Hall–Kier alpha value is -5.17. The van der Waals surface area contributed by atoms with Gasteiger partial charge >= 0.3 is 0 Å². The summed E-state index contributed by atoms with van der Waals surface area (Å²) in [5.74, 6) is 0. The van der Waals surface area contributed by atoms with E-state index in [4.69, 9.17) is 4.42 Å². The number of fused-ring (bicyclic) bond motifs is 6. The van der Waals surface area contributed by atoms with Gasteiger partial charge in [-0.25, -0.2) is 0 Å². The number of thiophene rings is 1. The van der Waals surface area contributed by atoms with E-state index in [0.717, 1.165) is 55.3 Å². The molecule has 0 aliphatic carbocycles. The van der Waals surface area contributed by atoms with Gasteiger partial charge in [-0.15, -0.1) is 11.3 Å². The van der Waals surface area contributed by atoms with Crippen molar-refractivity contribution in [2.24, 2.45) is 0 Å². The molecule has 8 aromatic rings. The molecule has 3 heteroatoms. The molecule has 2 aromatic heterocycles. The Labute approximate surface area is 235 Å². The van der Waals surface area contributed by atoms with Crippen molar-refractivity contribution in [1.29, 1.82) is 5.26 Å². The number of rotatable bonds is 3. The Kier molecular flexibility index (Phi) is 5.10. The summed E-state index contributed by atoms with van der Waals surface area (Å²) < 4.78 is 8.68. The van der Waals surface area contributed by atoms with Crippen molar-refractivity contribution in [2.75, 3.05) is 0 Å². The molecule has 0 unspecified atom stereocenters. The number of hydrogen-bond donors (Lipinski definition) is 0. The van der Waals surface area contributed by atoms with Crippen LogP contribution >= 0.6 is 11.3 Å². The third-order valence-corrected chi connectivity index (χ3v) is 8.91. The lowest BCUT2D eigenvalue weighted by molar-refractivity contribution is 0.669. The summed E-state index contributed by atoms with van der Waals surface area (Å²) in [6, 6.07) is 46.7. The summed E-state index contributed by atoms with van der Waals surface area (Å²) in [4.78, 5) is 0. The molecular formula is C37H21NOS. The van der Waals surface area contributed by atoms with Gasteiger partial charge in [0, 0.05) is 36.5 Å². The van der Waals surface area contributed by atoms with E-state index < -0.39 is 0 Å². The fraction of sp³-hybridized carbons (Fsp3) is 0. The van der Waals surface area contributed by atoms with Crippen LogP contribution in [-0.4, -0.2) is 0 Å². The van der Waals surface area contributed by atoms with E-state index in [1.54, 1.807) is 0 Å². The molecule has 186 valence electrons. The monoisotopic (exact) mass is 527 g/mol. The van der Waals surface area contributed by atoms with Crippen molar-refractivity contribution < 1.29 is 4.42 Å². The van der Waals surface area contributed by atoms with Gasteiger partial charge in [0.05, 0.1) is 11.6 Å². The van der Waals surface area contributed by atoms with Crippen LogP contribution in [0.4, 0.5) is 0 Å². The lowest BCUT2D eigenvalue weighted by Crippen LogP contribution is -1.93. The summed E-state index contributed by atoms with van der Waals surface area (Å²) >= 11 is 1.82. The second-order valence-corrected chi connectivity index (χ2v) is 11.1. The maximum Gasteiger partial charge on any atom is 0.135 e. The van der Waals surface area contributed by atoms with E-state index in [9.17, 15) is 5.26 Å². The van der Waals surface area contributed by atoms with Crippen LogP contribution < -0.4 is 0 Å². The van der Waals surface area contributed by atoms with Crippen LogP contribution in [0.1, 0.15) is 5.56 Å². The predicted molar refractivity (Wildman–Crippen MR) is 168 cm³/mol. The maximum atomic E-state index is 10.1. The van der Waals surface area contributed by atoms with Crippen molar-refractivity contribution in [3.63, 3.8) is 0 Å². The molecule has 8 rings (SSSR count). The fourth-order valence-corrected chi connectivity index (χ4v) is 7.00. The molecule has 0 aliphatic rings. The molecule has 0 radical (unpaired) electrons. The minimum atomic E-state index is 0.660. The molecule has 2 nitrogen and oxygen atoms in total. The Bertz CT molecular complexity index is 2160. The number of hydrogen-bond acceptors (Lipinski definition) is 3. The first kappa shape index (κ1) is 22.8. The second-order valence-electron chi connectivity index (χ2n) is 10.0. The quantitative estimate of drug-likeness (QED) is 0.229. The van der Waals surface area contributed by atoms with Gasteiger partial charge in [0.2, 0.25) is 0 Å². The Morgan fingerprint density at radius 2 is 1.12 bits per heavy atom. The van der Waals surface area contributed by atoms with Crippen molar-refractivity contribution in [3.8, 4) is 39.4 Å². The van der Waals surface area contributed by atoms with Crippen LogP contribution in [0.5, 0.6) is 0 Å². The van der Waals surface area contributed by atoms with Crippen LogP contribution in [0.3, 0.4) is 0 Å². The molecule has 0 saturated heterocycles. The first-order valence-electron chi connectivity index (χ1n) is 13.2. The average molecular weight is 528 g/mol. The zero-order valence-corrected chi connectivity index (χ0v) is 22.2. The largest absolute Gasteiger partial charge is 0.456 e. The second kappa shape index (κ2) is 8.95. The van der Waals surface area contributed by atoms with Gasteiger partial charge in [-0.3, -0.25) is 0 Å². The van der Waals surface area contributed by atoms with Crippen LogP contribution in [0, 0.1) is 11.3 Å². The lowest BCUT2D eigenvalue weighted by Gasteiger charge is -2.17. The van der Waals surface area contributed by atoms with Crippen molar-refractivity contribution in [1.82, 2.24) is 0 Å². The van der Waals surface area contributed by atoms with Crippen molar-refractivity contribution >= 4 is 53.4 Å². The molecule has 0 atom stereocenters. The standard InChI is InChI=1S/C37H21NOS/c38-22-25-8-1-2-9-28(25)37-26(23-16-18-34-31(20-23)29-10-3-5-14-33(29)39-34)12-7-13-27(37)24-17-19-36-32(21-24)30-11-4-6-15-35(30)40-36/h1-21H. The SMILES string of the molecule is N#Cc1ccccc1-c1c(-c2ccc3oc4ccccc4c3c2)cccc1-c1ccc2sc3ccccc3c2c1. The molecule has 0 aliphatic heterocycles. The van der Waals surface area contributed by atoms with Crippen LogP contribution in [0.2, 0.25) is 0 Å². The fourth-order valence-electron chi connectivity index (χ4n) is 5.91. The zero-order valence-electron chi connectivity index (χ0n) is 21.4. The van der Waals surface area contributed by atoms with Gasteiger partial charge in [-0.2, -0.15) is 5.26 Å². The van der Waals surface area contributed by atoms with E-state index in [1.807, 2.05) is 47.7 Å². The highest BCUT2D eigenvalue weighted by molar-refractivity contribution is 7.25. The minimum Gasteiger partial charge on any atom is -0.456 e. The van der Waals surface area contributed by atoms with E-state index in [1.165, 1.54) is 20.2 Å². The van der Waals surface area contributed by atoms with Gasteiger partial charge in [-0.05, 0) is 70.3 Å². The van der Waals surface area contributed by atoms with Gasteiger partial charge in [0.25, 0.3) is 0 Å².